The van der Waals surface area contributed by atoms with Gasteiger partial charge in [0.1, 0.15) is 5.82 Å². The van der Waals surface area contributed by atoms with Crippen LogP contribution in [0, 0.1) is 11.7 Å². The molecule has 1 aromatic carbocycles. The van der Waals surface area contributed by atoms with Crippen molar-refractivity contribution in [3.63, 3.8) is 0 Å². The van der Waals surface area contributed by atoms with E-state index in [2.05, 4.69) is 13.0 Å². The SMILES string of the molecule is CC1=CC2Cc3nc4cccc(F)c4c(N)c3C(C1)C2. The zero-order valence-corrected chi connectivity index (χ0v) is 11.5. The minimum atomic E-state index is -0.263. The standard InChI is InChI=1S/C17H17FN2/c1-9-5-10-7-11(6-9)15-14(8-10)20-13-4-2-3-12(18)16(13)17(15)19/h2-5,10-11H,6-8H2,1H3,(H2,19,20). The van der Waals surface area contributed by atoms with E-state index in [1.165, 1.54) is 11.6 Å². The molecular weight excluding hydrogens is 251 g/mol. The third-order valence-corrected chi connectivity index (χ3v) is 4.66. The van der Waals surface area contributed by atoms with Crippen LogP contribution >= 0.6 is 0 Å². The van der Waals surface area contributed by atoms with Crippen molar-refractivity contribution in [2.24, 2.45) is 5.92 Å². The van der Waals surface area contributed by atoms with Gasteiger partial charge in [-0.1, -0.05) is 17.7 Å². The molecule has 0 spiro atoms. The topological polar surface area (TPSA) is 38.9 Å². The average Bonchev–Trinajstić information content (AvgIpc) is 2.37. The number of allylic oxidation sites excluding steroid dienone is 2. The Hall–Kier alpha value is -1.90. The molecule has 1 aromatic heterocycles. The van der Waals surface area contributed by atoms with Gasteiger partial charge >= 0.3 is 0 Å². The van der Waals surface area contributed by atoms with Crippen LogP contribution in [0.25, 0.3) is 10.9 Å². The zero-order chi connectivity index (χ0) is 13.9. The highest BCUT2D eigenvalue weighted by atomic mass is 19.1. The van der Waals surface area contributed by atoms with Crippen molar-refractivity contribution < 1.29 is 4.39 Å². The second kappa shape index (κ2) is 4.05. The van der Waals surface area contributed by atoms with E-state index in [1.54, 1.807) is 6.07 Å². The van der Waals surface area contributed by atoms with E-state index in [4.69, 9.17) is 10.7 Å². The van der Waals surface area contributed by atoms with Gasteiger partial charge in [0.15, 0.2) is 0 Å². The second-order valence-electron chi connectivity index (χ2n) is 6.13. The van der Waals surface area contributed by atoms with Crippen LogP contribution in [0.1, 0.15) is 36.9 Å². The average molecular weight is 268 g/mol. The molecule has 2 atom stereocenters. The maximum Gasteiger partial charge on any atom is 0.134 e. The lowest BCUT2D eigenvalue weighted by molar-refractivity contribution is 0.433. The Morgan fingerprint density at radius 2 is 2.15 bits per heavy atom. The summed E-state index contributed by atoms with van der Waals surface area (Å²) in [6, 6.07) is 5.01. The van der Waals surface area contributed by atoms with E-state index in [0.29, 0.717) is 28.4 Å². The van der Waals surface area contributed by atoms with Crippen LogP contribution in [0.4, 0.5) is 10.1 Å². The van der Waals surface area contributed by atoms with E-state index in [9.17, 15) is 4.39 Å². The molecule has 102 valence electrons. The van der Waals surface area contributed by atoms with Crippen LogP contribution in [0.3, 0.4) is 0 Å². The van der Waals surface area contributed by atoms with Crippen molar-refractivity contribution in [1.82, 2.24) is 4.98 Å². The smallest absolute Gasteiger partial charge is 0.134 e. The number of benzene rings is 1. The maximum atomic E-state index is 14.1. The van der Waals surface area contributed by atoms with E-state index in [0.717, 1.165) is 30.5 Å². The van der Waals surface area contributed by atoms with E-state index >= 15 is 0 Å². The van der Waals surface area contributed by atoms with Crippen molar-refractivity contribution in [3.05, 3.63) is 46.9 Å². The number of rotatable bonds is 0. The summed E-state index contributed by atoms with van der Waals surface area (Å²) in [5.74, 6) is 0.713. The fourth-order valence-electron chi connectivity index (χ4n) is 3.97. The Balaban J connectivity index is 2.01. The van der Waals surface area contributed by atoms with Crippen LogP contribution in [-0.2, 0) is 6.42 Å². The van der Waals surface area contributed by atoms with Gasteiger partial charge in [0, 0.05) is 16.9 Å². The highest BCUT2D eigenvalue weighted by Crippen LogP contribution is 2.46. The molecule has 2 nitrogen and oxygen atoms in total. The molecule has 0 radical (unpaired) electrons. The third kappa shape index (κ3) is 1.59. The summed E-state index contributed by atoms with van der Waals surface area (Å²) < 4.78 is 14.1. The third-order valence-electron chi connectivity index (χ3n) is 4.66. The fourth-order valence-corrected chi connectivity index (χ4v) is 3.97. The first-order valence-corrected chi connectivity index (χ1v) is 7.17. The van der Waals surface area contributed by atoms with Gasteiger partial charge < -0.3 is 5.73 Å². The quantitative estimate of drug-likeness (QED) is 0.735. The van der Waals surface area contributed by atoms with Crippen molar-refractivity contribution in [1.29, 1.82) is 0 Å². The molecule has 0 amide bonds. The summed E-state index contributed by atoms with van der Waals surface area (Å²) in [4.78, 5) is 4.70. The van der Waals surface area contributed by atoms with Crippen molar-refractivity contribution in [2.75, 3.05) is 5.73 Å². The van der Waals surface area contributed by atoms with Crippen LogP contribution in [-0.4, -0.2) is 4.98 Å². The number of hydrogen-bond acceptors (Lipinski definition) is 2. The molecule has 0 aliphatic heterocycles. The summed E-state index contributed by atoms with van der Waals surface area (Å²) in [6.45, 7) is 2.18. The summed E-state index contributed by atoms with van der Waals surface area (Å²) in [6.07, 6.45) is 5.44. The number of halogens is 1. The van der Waals surface area contributed by atoms with Gasteiger partial charge in [0.2, 0.25) is 0 Å². The Kier molecular flexibility index (Phi) is 2.40. The normalized spacial score (nSPS) is 24.4. The highest BCUT2D eigenvalue weighted by Gasteiger charge is 2.33. The Morgan fingerprint density at radius 1 is 1.30 bits per heavy atom. The lowest BCUT2D eigenvalue weighted by Crippen LogP contribution is -2.24. The molecule has 2 bridgehead atoms. The molecule has 20 heavy (non-hydrogen) atoms. The molecule has 0 saturated carbocycles. The van der Waals surface area contributed by atoms with Crippen LogP contribution in [0.15, 0.2) is 29.8 Å². The van der Waals surface area contributed by atoms with Crippen LogP contribution in [0.2, 0.25) is 0 Å². The number of fused-ring (bicyclic) bond motifs is 5. The Morgan fingerprint density at radius 3 is 3.00 bits per heavy atom. The molecule has 4 rings (SSSR count). The summed E-state index contributed by atoms with van der Waals surface area (Å²) >= 11 is 0. The lowest BCUT2D eigenvalue weighted by Gasteiger charge is -2.35. The number of nitrogens with zero attached hydrogens (tertiary/aromatic N) is 1. The van der Waals surface area contributed by atoms with Gasteiger partial charge in [-0.05, 0) is 50.2 Å². The molecule has 0 fully saturated rings. The van der Waals surface area contributed by atoms with Crippen LogP contribution in [0.5, 0.6) is 0 Å². The molecule has 3 heteroatoms. The predicted molar refractivity (Wildman–Crippen MR) is 79.0 cm³/mol. The molecule has 2 N–H and O–H groups in total. The lowest BCUT2D eigenvalue weighted by atomic mass is 9.71. The number of anilines is 1. The van der Waals surface area contributed by atoms with Crippen molar-refractivity contribution >= 4 is 16.6 Å². The Bertz CT molecular complexity index is 748. The number of pyridine rings is 1. The first-order valence-electron chi connectivity index (χ1n) is 7.17. The fraction of sp³-hybridized carbons (Fsp3) is 0.353. The molecule has 1 heterocycles. The van der Waals surface area contributed by atoms with Gasteiger partial charge in [0.25, 0.3) is 0 Å². The van der Waals surface area contributed by atoms with E-state index < -0.39 is 0 Å². The minimum Gasteiger partial charge on any atom is -0.398 e. The van der Waals surface area contributed by atoms with Crippen LogP contribution < -0.4 is 5.73 Å². The number of aromatic nitrogens is 1. The molecule has 2 aliphatic rings. The maximum absolute atomic E-state index is 14.1. The van der Waals surface area contributed by atoms with Crippen molar-refractivity contribution in [3.8, 4) is 0 Å². The van der Waals surface area contributed by atoms with Gasteiger partial charge in [-0.2, -0.15) is 0 Å². The molecular formula is C17H17FN2. The molecule has 2 unspecified atom stereocenters. The first-order chi connectivity index (χ1) is 9.63. The predicted octanol–water partition coefficient (Wildman–Crippen LogP) is 3.95. The summed E-state index contributed by atoms with van der Waals surface area (Å²) in [7, 11) is 0. The van der Waals surface area contributed by atoms with E-state index in [-0.39, 0.29) is 5.82 Å². The first kappa shape index (κ1) is 11.9. The number of nitrogens with two attached hydrogens (primary N) is 1. The van der Waals surface area contributed by atoms with Gasteiger partial charge in [-0.15, -0.1) is 0 Å². The largest absolute Gasteiger partial charge is 0.398 e. The van der Waals surface area contributed by atoms with Gasteiger partial charge in [-0.3, -0.25) is 4.98 Å². The summed E-state index contributed by atoms with van der Waals surface area (Å²) in [5, 5.41) is 0.497. The highest BCUT2D eigenvalue weighted by molar-refractivity contribution is 5.93. The van der Waals surface area contributed by atoms with Gasteiger partial charge in [0.05, 0.1) is 10.9 Å². The molecule has 0 saturated heterocycles. The Labute approximate surface area is 117 Å². The second-order valence-corrected chi connectivity index (χ2v) is 6.13. The number of nitrogen functional groups attached to an aromatic ring is 1. The summed E-state index contributed by atoms with van der Waals surface area (Å²) in [5.41, 5.74) is 11.2. The minimum absolute atomic E-state index is 0.263. The molecule has 2 aromatic rings. The number of hydrogen-bond donors (Lipinski definition) is 1. The molecule has 2 aliphatic carbocycles. The monoisotopic (exact) mass is 268 g/mol. The van der Waals surface area contributed by atoms with E-state index in [1.807, 2.05) is 6.07 Å². The zero-order valence-electron chi connectivity index (χ0n) is 11.5. The van der Waals surface area contributed by atoms with Crippen molar-refractivity contribution in [2.45, 2.75) is 32.1 Å². The van der Waals surface area contributed by atoms with Gasteiger partial charge in [-0.25, -0.2) is 4.39 Å².